The molecule has 2 N–H and O–H groups in total. The van der Waals surface area contributed by atoms with Gasteiger partial charge < -0.3 is 19.7 Å². The maximum atomic E-state index is 12.3. The normalized spacial score (nSPS) is 15.4. The fraction of sp³-hybridized carbons (Fsp3) is 1.00. The molecule has 0 aliphatic carbocycles. The molecule has 0 radical (unpaired) electrons. The summed E-state index contributed by atoms with van der Waals surface area (Å²) in [5.74, 6) is -7.31. The molecular weight excluding hydrogens is 255 g/mol. The Hall–Kier alpha value is -0.510. The van der Waals surface area contributed by atoms with Crippen molar-refractivity contribution in [2.24, 2.45) is 5.92 Å². The van der Waals surface area contributed by atoms with Crippen molar-refractivity contribution in [1.29, 1.82) is 0 Å². The zero-order valence-corrected chi connectivity index (χ0v) is 8.88. The third-order valence-corrected chi connectivity index (χ3v) is 1.88. The molecule has 0 aliphatic rings. The SMILES string of the molecule is CCOCOCC(C(F)(F)F)C(O)(O)C(F)F. The van der Waals surface area contributed by atoms with Crippen LogP contribution in [0, 0.1) is 5.92 Å². The van der Waals surface area contributed by atoms with Gasteiger partial charge in [0.15, 0.2) is 0 Å². The Balaban J connectivity index is 4.56. The fourth-order valence-electron chi connectivity index (χ4n) is 0.918. The molecule has 4 nitrogen and oxygen atoms in total. The van der Waals surface area contributed by atoms with Crippen LogP contribution < -0.4 is 0 Å². The summed E-state index contributed by atoms with van der Waals surface area (Å²) in [4.78, 5) is 0. The number of hydrogen-bond acceptors (Lipinski definition) is 4. The van der Waals surface area contributed by atoms with Gasteiger partial charge in [-0.05, 0) is 6.92 Å². The van der Waals surface area contributed by atoms with Gasteiger partial charge in [-0.1, -0.05) is 0 Å². The summed E-state index contributed by atoms with van der Waals surface area (Å²) in [6.45, 7) is -0.176. The Morgan fingerprint density at radius 3 is 2.00 bits per heavy atom. The van der Waals surface area contributed by atoms with Crippen molar-refractivity contribution >= 4 is 0 Å². The number of halogens is 5. The number of ether oxygens (including phenoxy) is 2. The third kappa shape index (κ3) is 5.11. The van der Waals surface area contributed by atoms with Gasteiger partial charge in [0, 0.05) is 6.61 Å². The van der Waals surface area contributed by atoms with E-state index in [0.717, 1.165) is 0 Å². The quantitative estimate of drug-likeness (QED) is 0.413. The van der Waals surface area contributed by atoms with Crippen LogP contribution in [-0.4, -0.2) is 48.6 Å². The Bertz CT molecular complexity index is 218. The molecule has 0 saturated carbocycles. The second-order valence-corrected chi connectivity index (χ2v) is 3.16. The van der Waals surface area contributed by atoms with Crippen molar-refractivity contribution < 1.29 is 41.6 Å². The minimum Gasteiger partial charge on any atom is -0.361 e. The summed E-state index contributed by atoms with van der Waals surface area (Å²) in [7, 11) is 0. The van der Waals surface area contributed by atoms with Crippen LogP contribution in [0.25, 0.3) is 0 Å². The first-order valence-electron chi connectivity index (χ1n) is 4.59. The summed E-state index contributed by atoms with van der Waals surface area (Å²) in [6.07, 6.45) is -9.20. The summed E-state index contributed by atoms with van der Waals surface area (Å²) in [6, 6.07) is 0. The van der Waals surface area contributed by atoms with Crippen LogP contribution in [0.4, 0.5) is 22.0 Å². The van der Waals surface area contributed by atoms with E-state index in [9.17, 15) is 22.0 Å². The lowest BCUT2D eigenvalue weighted by atomic mass is 9.99. The van der Waals surface area contributed by atoms with Crippen LogP contribution in [0.2, 0.25) is 0 Å². The Morgan fingerprint density at radius 2 is 1.65 bits per heavy atom. The molecule has 104 valence electrons. The van der Waals surface area contributed by atoms with E-state index < -0.39 is 37.7 Å². The van der Waals surface area contributed by atoms with Crippen LogP contribution in [0.1, 0.15) is 6.92 Å². The minimum atomic E-state index is -5.23. The van der Waals surface area contributed by atoms with E-state index in [2.05, 4.69) is 9.47 Å². The highest BCUT2D eigenvalue weighted by molar-refractivity contribution is 4.83. The number of aliphatic hydroxyl groups is 2. The highest BCUT2D eigenvalue weighted by Crippen LogP contribution is 2.36. The van der Waals surface area contributed by atoms with E-state index in [1.165, 1.54) is 0 Å². The second kappa shape index (κ2) is 6.43. The fourth-order valence-corrected chi connectivity index (χ4v) is 0.918. The second-order valence-electron chi connectivity index (χ2n) is 3.16. The summed E-state index contributed by atoms with van der Waals surface area (Å²) >= 11 is 0. The van der Waals surface area contributed by atoms with Crippen LogP contribution in [0.3, 0.4) is 0 Å². The standard InChI is InChI=1S/C8H13F5O4/c1-2-16-4-17-3-5(8(11,12)13)7(14,15)6(9)10/h5-6,14-15H,2-4H2,1H3. The van der Waals surface area contributed by atoms with Gasteiger partial charge in [0.05, 0.1) is 6.61 Å². The Labute approximate surface area is 93.9 Å². The largest absolute Gasteiger partial charge is 0.399 e. The molecule has 0 rings (SSSR count). The summed E-state index contributed by atoms with van der Waals surface area (Å²) in [5.41, 5.74) is 0. The first-order chi connectivity index (χ1) is 7.64. The molecule has 0 aromatic carbocycles. The van der Waals surface area contributed by atoms with Crippen LogP contribution in [0.5, 0.6) is 0 Å². The van der Waals surface area contributed by atoms with Crippen molar-refractivity contribution in [3.8, 4) is 0 Å². The molecule has 0 aromatic heterocycles. The highest BCUT2D eigenvalue weighted by Gasteiger charge is 2.57. The molecule has 1 unspecified atom stereocenters. The van der Waals surface area contributed by atoms with Gasteiger partial charge in [-0.2, -0.15) is 13.2 Å². The topological polar surface area (TPSA) is 58.9 Å². The molecule has 0 amide bonds. The number of rotatable bonds is 7. The number of hydrogen-bond donors (Lipinski definition) is 2. The molecule has 1 atom stereocenters. The summed E-state index contributed by atoms with van der Waals surface area (Å²) in [5, 5.41) is 17.4. The predicted octanol–water partition coefficient (Wildman–Crippen LogP) is 1.12. The van der Waals surface area contributed by atoms with Crippen LogP contribution >= 0.6 is 0 Å². The molecule has 0 heterocycles. The minimum absolute atomic E-state index is 0.162. The van der Waals surface area contributed by atoms with Gasteiger partial charge in [-0.3, -0.25) is 0 Å². The summed E-state index contributed by atoms with van der Waals surface area (Å²) < 4.78 is 69.9. The molecule has 9 heteroatoms. The molecule has 0 aliphatic heterocycles. The van der Waals surface area contributed by atoms with Crippen molar-refractivity contribution in [2.75, 3.05) is 20.0 Å². The third-order valence-electron chi connectivity index (χ3n) is 1.88. The smallest absolute Gasteiger partial charge is 0.361 e. The Kier molecular flexibility index (Phi) is 6.24. The Morgan fingerprint density at radius 1 is 1.12 bits per heavy atom. The average Bonchev–Trinajstić information content (AvgIpc) is 2.14. The first kappa shape index (κ1) is 16.5. The van der Waals surface area contributed by atoms with Crippen molar-refractivity contribution in [3.05, 3.63) is 0 Å². The zero-order valence-electron chi connectivity index (χ0n) is 8.88. The molecule has 0 aromatic rings. The van der Waals surface area contributed by atoms with Crippen molar-refractivity contribution in [3.63, 3.8) is 0 Å². The monoisotopic (exact) mass is 268 g/mol. The predicted molar refractivity (Wildman–Crippen MR) is 45.2 cm³/mol. The molecule has 0 spiro atoms. The highest BCUT2D eigenvalue weighted by atomic mass is 19.4. The van der Waals surface area contributed by atoms with E-state index in [4.69, 9.17) is 10.2 Å². The molecule has 0 saturated heterocycles. The molecule has 0 bridgehead atoms. The van der Waals surface area contributed by atoms with Gasteiger partial charge in [-0.15, -0.1) is 0 Å². The lowest BCUT2D eigenvalue weighted by Gasteiger charge is -2.31. The van der Waals surface area contributed by atoms with Crippen LogP contribution in [0.15, 0.2) is 0 Å². The van der Waals surface area contributed by atoms with E-state index in [0.29, 0.717) is 0 Å². The zero-order chi connectivity index (χ0) is 13.7. The van der Waals surface area contributed by atoms with Gasteiger partial charge in [-0.25, -0.2) is 8.78 Å². The first-order valence-corrected chi connectivity index (χ1v) is 4.59. The maximum Gasteiger partial charge on any atom is 0.399 e. The van der Waals surface area contributed by atoms with E-state index in [-0.39, 0.29) is 6.61 Å². The molecular formula is C8H13F5O4. The lowest BCUT2D eigenvalue weighted by Crippen LogP contribution is -2.53. The van der Waals surface area contributed by atoms with Crippen molar-refractivity contribution in [1.82, 2.24) is 0 Å². The van der Waals surface area contributed by atoms with Crippen molar-refractivity contribution in [2.45, 2.75) is 25.3 Å². The van der Waals surface area contributed by atoms with Gasteiger partial charge in [0.25, 0.3) is 6.43 Å². The molecule has 17 heavy (non-hydrogen) atoms. The number of alkyl halides is 5. The molecule has 0 fully saturated rings. The lowest BCUT2D eigenvalue weighted by molar-refractivity contribution is -0.341. The van der Waals surface area contributed by atoms with Gasteiger partial charge in [0.1, 0.15) is 12.7 Å². The maximum absolute atomic E-state index is 12.3. The average molecular weight is 268 g/mol. The van der Waals surface area contributed by atoms with Gasteiger partial charge in [0.2, 0.25) is 5.79 Å². The van der Waals surface area contributed by atoms with E-state index in [1.54, 1.807) is 6.92 Å². The van der Waals surface area contributed by atoms with E-state index >= 15 is 0 Å². The van der Waals surface area contributed by atoms with Crippen LogP contribution in [-0.2, 0) is 9.47 Å². The van der Waals surface area contributed by atoms with E-state index in [1.807, 2.05) is 0 Å². The van der Waals surface area contributed by atoms with Gasteiger partial charge >= 0.3 is 6.18 Å².